The molecule has 1 unspecified atom stereocenters. The van der Waals surface area contributed by atoms with Crippen LogP contribution in [0.4, 0.5) is 13.2 Å². The summed E-state index contributed by atoms with van der Waals surface area (Å²) >= 11 is 0. The Morgan fingerprint density at radius 2 is 2.00 bits per heavy atom. The summed E-state index contributed by atoms with van der Waals surface area (Å²) in [5.41, 5.74) is 3.93. The fourth-order valence-electron chi connectivity index (χ4n) is 1.44. The van der Waals surface area contributed by atoms with Crippen molar-refractivity contribution in [2.45, 2.75) is 50.4 Å². The van der Waals surface area contributed by atoms with E-state index in [1.165, 1.54) is 0 Å². The molecular weight excluding hydrogens is 193 g/mol. The minimum absolute atomic E-state index is 0.0674. The third-order valence-electron chi connectivity index (χ3n) is 2.59. The van der Waals surface area contributed by atoms with Gasteiger partial charge < -0.3 is 11.1 Å². The predicted molar refractivity (Wildman–Crippen MR) is 48.9 cm³/mol. The van der Waals surface area contributed by atoms with E-state index in [1.54, 1.807) is 0 Å². The molecule has 0 bridgehead atoms. The summed E-state index contributed by atoms with van der Waals surface area (Å²) in [5, 5.41) is 2.58. The Bertz CT molecular complexity index is 185. The lowest BCUT2D eigenvalue weighted by Crippen LogP contribution is -2.45. The first-order valence-electron chi connectivity index (χ1n) is 4.95. The van der Waals surface area contributed by atoms with Crippen LogP contribution in [0.5, 0.6) is 0 Å². The lowest BCUT2D eigenvalue weighted by Gasteiger charge is -2.20. The van der Waals surface area contributed by atoms with Gasteiger partial charge in [-0.15, -0.1) is 0 Å². The highest BCUT2D eigenvalue weighted by Crippen LogP contribution is 2.48. The first-order chi connectivity index (χ1) is 6.37. The number of hydrogen-bond acceptors (Lipinski definition) is 2. The van der Waals surface area contributed by atoms with Crippen LogP contribution < -0.4 is 11.1 Å². The fourth-order valence-corrected chi connectivity index (χ4v) is 1.44. The standard InChI is InChI=1S/C9H17F3N2/c1-7(13)3-2-6-14-8(4-5-8)9(10,11)12/h7,14H,2-6,13H2,1H3. The zero-order chi connectivity index (χ0) is 10.8. The van der Waals surface area contributed by atoms with E-state index in [2.05, 4.69) is 5.32 Å². The van der Waals surface area contributed by atoms with Gasteiger partial charge in [0.15, 0.2) is 0 Å². The summed E-state index contributed by atoms with van der Waals surface area (Å²) in [5.74, 6) is 0. The molecule has 84 valence electrons. The molecule has 1 aliphatic carbocycles. The molecule has 2 nitrogen and oxygen atoms in total. The number of nitrogens with two attached hydrogens (primary N) is 1. The number of rotatable bonds is 5. The van der Waals surface area contributed by atoms with Gasteiger partial charge in [0.2, 0.25) is 0 Å². The summed E-state index contributed by atoms with van der Waals surface area (Å²) in [4.78, 5) is 0. The highest BCUT2D eigenvalue weighted by Gasteiger charge is 2.62. The molecule has 0 spiro atoms. The molecular formula is C9H17F3N2. The van der Waals surface area contributed by atoms with Crippen molar-refractivity contribution in [3.8, 4) is 0 Å². The van der Waals surface area contributed by atoms with Crippen molar-refractivity contribution in [2.24, 2.45) is 5.73 Å². The normalized spacial score (nSPS) is 22.1. The lowest BCUT2D eigenvalue weighted by molar-refractivity contribution is -0.165. The molecule has 1 saturated carbocycles. The molecule has 3 N–H and O–H groups in total. The number of hydrogen-bond donors (Lipinski definition) is 2. The SMILES string of the molecule is CC(N)CCCNC1(C(F)(F)F)CC1. The molecule has 0 aromatic heterocycles. The number of alkyl halides is 3. The van der Waals surface area contributed by atoms with Crippen LogP contribution in [0.15, 0.2) is 0 Å². The molecule has 0 aliphatic heterocycles. The largest absolute Gasteiger partial charge is 0.406 e. The van der Waals surface area contributed by atoms with Crippen LogP contribution in [0, 0.1) is 0 Å². The van der Waals surface area contributed by atoms with Crippen molar-refractivity contribution in [1.82, 2.24) is 5.32 Å². The molecule has 1 aliphatic rings. The van der Waals surface area contributed by atoms with E-state index in [9.17, 15) is 13.2 Å². The zero-order valence-electron chi connectivity index (χ0n) is 8.32. The van der Waals surface area contributed by atoms with Crippen LogP contribution in [-0.2, 0) is 0 Å². The van der Waals surface area contributed by atoms with Gasteiger partial charge in [0.25, 0.3) is 0 Å². The van der Waals surface area contributed by atoms with Crippen molar-refractivity contribution in [3.05, 3.63) is 0 Å². The zero-order valence-corrected chi connectivity index (χ0v) is 8.32. The van der Waals surface area contributed by atoms with Crippen LogP contribution >= 0.6 is 0 Å². The Morgan fingerprint density at radius 1 is 1.43 bits per heavy atom. The molecule has 5 heteroatoms. The van der Waals surface area contributed by atoms with Crippen molar-refractivity contribution < 1.29 is 13.2 Å². The van der Waals surface area contributed by atoms with Crippen LogP contribution in [-0.4, -0.2) is 24.3 Å². The molecule has 0 amide bonds. The third-order valence-corrected chi connectivity index (χ3v) is 2.59. The highest BCUT2D eigenvalue weighted by atomic mass is 19.4. The lowest BCUT2D eigenvalue weighted by atomic mass is 10.2. The van der Waals surface area contributed by atoms with E-state index in [4.69, 9.17) is 5.73 Å². The minimum Gasteiger partial charge on any atom is -0.328 e. The van der Waals surface area contributed by atoms with Crippen molar-refractivity contribution in [1.29, 1.82) is 0 Å². The number of halogens is 3. The minimum atomic E-state index is -4.10. The first kappa shape index (κ1) is 11.8. The predicted octanol–water partition coefficient (Wildman–Crippen LogP) is 1.80. The highest BCUT2D eigenvalue weighted by molar-refractivity contribution is 5.07. The van der Waals surface area contributed by atoms with Gasteiger partial charge in [-0.2, -0.15) is 13.2 Å². The molecule has 0 heterocycles. The summed E-state index contributed by atoms with van der Waals surface area (Å²) < 4.78 is 37.2. The molecule has 0 radical (unpaired) electrons. The van der Waals surface area contributed by atoms with Gasteiger partial charge in [-0.1, -0.05) is 0 Å². The summed E-state index contributed by atoms with van der Waals surface area (Å²) in [6, 6.07) is 0.0674. The first-order valence-corrected chi connectivity index (χ1v) is 4.95. The Labute approximate surface area is 82.0 Å². The summed E-state index contributed by atoms with van der Waals surface area (Å²) in [7, 11) is 0. The van der Waals surface area contributed by atoms with Crippen molar-refractivity contribution >= 4 is 0 Å². The van der Waals surface area contributed by atoms with E-state index >= 15 is 0 Å². The maximum atomic E-state index is 12.4. The van der Waals surface area contributed by atoms with Crippen LogP contribution in [0.2, 0.25) is 0 Å². The van der Waals surface area contributed by atoms with Crippen molar-refractivity contribution in [3.63, 3.8) is 0 Å². The van der Waals surface area contributed by atoms with Crippen LogP contribution in [0.1, 0.15) is 32.6 Å². The van der Waals surface area contributed by atoms with E-state index in [1.807, 2.05) is 6.92 Å². The van der Waals surface area contributed by atoms with Gasteiger partial charge in [0, 0.05) is 6.04 Å². The molecule has 1 fully saturated rings. The van der Waals surface area contributed by atoms with Gasteiger partial charge in [0.1, 0.15) is 5.54 Å². The molecule has 1 rings (SSSR count). The Balaban J connectivity index is 2.19. The van der Waals surface area contributed by atoms with Gasteiger partial charge >= 0.3 is 6.18 Å². The number of nitrogens with one attached hydrogen (secondary N) is 1. The fraction of sp³-hybridized carbons (Fsp3) is 1.00. The van der Waals surface area contributed by atoms with E-state index < -0.39 is 11.7 Å². The smallest absolute Gasteiger partial charge is 0.328 e. The van der Waals surface area contributed by atoms with Crippen LogP contribution in [0.25, 0.3) is 0 Å². The monoisotopic (exact) mass is 210 g/mol. The molecule has 1 atom stereocenters. The topological polar surface area (TPSA) is 38.0 Å². The van der Waals surface area contributed by atoms with Gasteiger partial charge in [0.05, 0.1) is 0 Å². The van der Waals surface area contributed by atoms with Gasteiger partial charge in [-0.25, -0.2) is 0 Å². The average molecular weight is 210 g/mol. The van der Waals surface area contributed by atoms with E-state index in [0.717, 1.165) is 6.42 Å². The second kappa shape index (κ2) is 4.06. The average Bonchev–Trinajstić information content (AvgIpc) is 2.77. The molecule has 14 heavy (non-hydrogen) atoms. The maximum absolute atomic E-state index is 12.4. The van der Waals surface area contributed by atoms with Gasteiger partial charge in [-0.05, 0) is 39.2 Å². The Hall–Kier alpha value is -0.290. The third kappa shape index (κ3) is 2.85. The van der Waals surface area contributed by atoms with E-state index in [-0.39, 0.29) is 18.9 Å². The molecule has 0 saturated heterocycles. The summed E-state index contributed by atoms with van der Waals surface area (Å²) in [6.45, 7) is 2.26. The molecule has 0 aromatic carbocycles. The molecule has 0 aromatic rings. The summed E-state index contributed by atoms with van der Waals surface area (Å²) in [6.07, 6.45) is -2.19. The van der Waals surface area contributed by atoms with Crippen molar-refractivity contribution in [2.75, 3.05) is 6.54 Å². The second-order valence-corrected chi connectivity index (χ2v) is 4.13. The Kier molecular flexibility index (Phi) is 3.42. The van der Waals surface area contributed by atoms with E-state index in [0.29, 0.717) is 13.0 Å². The Morgan fingerprint density at radius 3 is 2.36 bits per heavy atom. The quantitative estimate of drug-likeness (QED) is 0.679. The van der Waals surface area contributed by atoms with Gasteiger partial charge in [-0.3, -0.25) is 0 Å². The second-order valence-electron chi connectivity index (χ2n) is 4.13. The maximum Gasteiger partial charge on any atom is 0.406 e. The van der Waals surface area contributed by atoms with Crippen LogP contribution in [0.3, 0.4) is 0 Å².